The van der Waals surface area contributed by atoms with Crippen molar-refractivity contribution in [2.24, 2.45) is 0 Å². The third-order valence-corrected chi connectivity index (χ3v) is 2.77. The van der Waals surface area contributed by atoms with Crippen molar-refractivity contribution in [2.45, 2.75) is 6.92 Å². The largest absolute Gasteiger partial charge is 0.370 e. The first-order valence-corrected chi connectivity index (χ1v) is 6.36. The summed E-state index contributed by atoms with van der Waals surface area (Å²) in [6.45, 7) is 2.50. The van der Waals surface area contributed by atoms with Crippen LogP contribution in [0.5, 0.6) is 0 Å². The molecule has 0 radical (unpaired) electrons. The van der Waals surface area contributed by atoms with Crippen molar-refractivity contribution in [3.8, 4) is 6.07 Å². The van der Waals surface area contributed by atoms with Crippen LogP contribution in [0.25, 0.3) is 0 Å². The van der Waals surface area contributed by atoms with E-state index in [0.717, 1.165) is 0 Å². The molecule has 1 amide bonds. The van der Waals surface area contributed by atoms with Crippen LogP contribution < -0.4 is 10.6 Å². The summed E-state index contributed by atoms with van der Waals surface area (Å²) in [5, 5.41) is 14.5. The first-order chi connectivity index (χ1) is 10.2. The molecule has 2 aromatic rings. The molecule has 1 aromatic heterocycles. The summed E-state index contributed by atoms with van der Waals surface area (Å²) in [5.74, 6) is -0.693. The van der Waals surface area contributed by atoms with Gasteiger partial charge in [-0.2, -0.15) is 5.26 Å². The van der Waals surface area contributed by atoms with E-state index in [1.54, 1.807) is 24.4 Å². The summed E-state index contributed by atoms with van der Waals surface area (Å²) in [6, 6.07) is 9.05. The lowest BCUT2D eigenvalue weighted by Crippen LogP contribution is -2.16. The highest BCUT2D eigenvalue weighted by atomic mass is 19.1. The maximum Gasteiger partial charge on any atom is 0.259 e. The molecule has 0 saturated carbocycles. The Balaban J connectivity index is 2.31. The molecule has 1 aromatic carbocycles. The average Bonchev–Trinajstić information content (AvgIpc) is 2.48. The fourth-order valence-corrected chi connectivity index (χ4v) is 1.83. The minimum atomic E-state index is -0.673. The van der Waals surface area contributed by atoms with Gasteiger partial charge in [0, 0.05) is 12.7 Å². The number of amides is 1. The molecule has 106 valence electrons. The van der Waals surface area contributed by atoms with Gasteiger partial charge in [0.05, 0.1) is 11.3 Å². The monoisotopic (exact) mass is 284 g/mol. The highest BCUT2D eigenvalue weighted by Crippen LogP contribution is 2.20. The first-order valence-electron chi connectivity index (χ1n) is 6.36. The van der Waals surface area contributed by atoms with E-state index in [1.807, 2.05) is 6.92 Å². The number of carbonyl (C=O) groups excluding carboxylic acids is 1. The second-order valence-corrected chi connectivity index (χ2v) is 4.16. The van der Waals surface area contributed by atoms with Crippen LogP contribution in [0, 0.1) is 17.1 Å². The van der Waals surface area contributed by atoms with E-state index in [9.17, 15) is 9.18 Å². The maximum atomic E-state index is 13.5. The molecule has 1 heterocycles. The van der Waals surface area contributed by atoms with Gasteiger partial charge in [0.15, 0.2) is 0 Å². The molecule has 0 unspecified atom stereocenters. The zero-order valence-corrected chi connectivity index (χ0v) is 11.4. The zero-order valence-electron chi connectivity index (χ0n) is 11.4. The number of nitriles is 1. The molecule has 0 bridgehead atoms. The predicted octanol–water partition coefficient (Wildman–Crippen LogP) is 2.78. The topological polar surface area (TPSA) is 77.8 Å². The van der Waals surface area contributed by atoms with Crippen LogP contribution in [-0.4, -0.2) is 17.4 Å². The number of benzene rings is 1. The summed E-state index contributed by atoms with van der Waals surface area (Å²) in [6.07, 6.45) is 1.57. The molecular formula is C15H13FN4O. The Kier molecular flexibility index (Phi) is 4.46. The first kappa shape index (κ1) is 14.5. The number of aromatic nitrogens is 1. The molecule has 0 aliphatic heterocycles. The number of carbonyl (C=O) groups is 1. The van der Waals surface area contributed by atoms with Crippen molar-refractivity contribution in [3.05, 3.63) is 53.5 Å². The Hall–Kier alpha value is -2.94. The van der Waals surface area contributed by atoms with E-state index in [0.29, 0.717) is 17.9 Å². The molecule has 0 saturated heterocycles. The zero-order chi connectivity index (χ0) is 15.2. The lowest BCUT2D eigenvalue weighted by atomic mass is 10.1. The molecule has 0 fully saturated rings. The lowest BCUT2D eigenvalue weighted by molar-refractivity contribution is 0.102. The number of hydrogen-bond donors (Lipinski definition) is 2. The Labute approximate surface area is 121 Å². The Bertz CT molecular complexity index is 709. The minimum absolute atomic E-state index is 0.133. The summed E-state index contributed by atoms with van der Waals surface area (Å²) in [7, 11) is 0. The summed E-state index contributed by atoms with van der Waals surface area (Å²) < 4.78 is 13.5. The van der Waals surface area contributed by atoms with Gasteiger partial charge < -0.3 is 10.6 Å². The Morgan fingerprint density at radius 3 is 2.90 bits per heavy atom. The van der Waals surface area contributed by atoms with Crippen LogP contribution in [-0.2, 0) is 0 Å². The fourth-order valence-electron chi connectivity index (χ4n) is 1.83. The van der Waals surface area contributed by atoms with Gasteiger partial charge in [-0.1, -0.05) is 6.07 Å². The van der Waals surface area contributed by atoms with Gasteiger partial charge in [-0.05, 0) is 31.2 Å². The van der Waals surface area contributed by atoms with Gasteiger partial charge in [0.1, 0.15) is 23.3 Å². The number of nitrogens with one attached hydrogen (secondary N) is 2. The molecule has 5 nitrogen and oxygen atoms in total. The summed E-state index contributed by atoms with van der Waals surface area (Å²) >= 11 is 0. The lowest BCUT2D eigenvalue weighted by Gasteiger charge is -2.11. The van der Waals surface area contributed by atoms with Gasteiger partial charge >= 0.3 is 0 Å². The molecular weight excluding hydrogens is 271 g/mol. The molecule has 0 atom stereocenters. The number of rotatable bonds is 4. The Morgan fingerprint density at radius 1 is 1.38 bits per heavy atom. The van der Waals surface area contributed by atoms with Gasteiger partial charge in [0.2, 0.25) is 0 Å². The molecule has 0 aliphatic carbocycles. The van der Waals surface area contributed by atoms with Crippen LogP contribution in [0.4, 0.5) is 15.9 Å². The standard InChI is InChI=1S/C15H13FN4O/c1-2-18-14-10(5-4-8-19-14)15(21)20-13-7-3-6-12(16)11(13)9-17/h3-8H,2H2,1H3,(H,18,19)(H,20,21). The fraction of sp³-hybridized carbons (Fsp3) is 0.133. The van der Waals surface area contributed by atoms with Crippen LogP contribution >= 0.6 is 0 Å². The molecule has 2 rings (SSSR count). The van der Waals surface area contributed by atoms with Gasteiger partial charge in [-0.15, -0.1) is 0 Å². The molecule has 6 heteroatoms. The van der Waals surface area contributed by atoms with Crippen LogP contribution in [0.1, 0.15) is 22.8 Å². The number of nitrogens with zero attached hydrogens (tertiary/aromatic N) is 2. The number of anilines is 2. The predicted molar refractivity (Wildman–Crippen MR) is 77.5 cm³/mol. The maximum absolute atomic E-state index is 13.5. The van der Waals surface area contributed by atoms with Crippen molar-refractivity contribution in [1.29, 1.82) is 5.26 Å². The van der Waals surface area contributed by atoms with Crippen molar-refractivity contribution in [2.75, 3.05) is 17.2 Å². The second kappa shape index (κ2) is 6.48. The highest BCUT2D eigenvalue weighted by Gasteiger charge is 2.15. The smallest absolute Gasteiger partial charge is 0.259 e. The van der Waals surface area contributed by atoms with E-state index in [4.69, 9.17) is 5.26 Å². The van der Waals surface area contributed by atoms with Gasteiger partial charge in [-0.25, -0.2) is 9.37 Å². The number of halogens is 1. The normalized spacial score (nSPS) is 9.76. The number of hydrogen-bond acceptors (Lipinski definition) is 4. The molecule has 0 spiro atoms. The van der Waals surface area contributed by atoms with Crippen molar-refractivity contribution in [3.63, 3.8) is 0 Å². The van der Waals surface area contributed by atoms with Gasteiger partial charge in [-0.3, -0.25) is 4.79 Å². The SMILES string of the molecule is CCNc1ncccc1C(=O)Nc1cccc(F)c1C#N. The third-order valence-electron chi connectivity index (χ3n) is 2.77. The van der Waals surface area contributed by atoms with Crippen molar-refractivity contribution in [1.82, 2.24) is 4.98 Å². The highest BCUT2D eigenvalue weighted by molar-refractivity contribution is 6.08. The molecule has 2 N–H and O–H groups in total. The number of pyridine rings is 1. The summed E-state index contributed by atoms with van der Waals surface area (Å²) in [5.41, 5.74) is 0.265. The van der Waals surface area contributed by atoms with Gasteiger partial charge in [0.25, 0.3) is 5.91 Å². The van der Waals surface area contributed by atoms with E-state index in [-0.39, 0.29) is 11.3 Å². The molecule has 0 aliphatic rings. The van der Waals surface area contributed by atoms with Crippen LogP contribution in [0.15, 0.2) is 36.5 Å². The molecule has 21 heavy (non-hydrogen) atoms. The Morgan fingerprint density at radius 2 is 2.19 bits per heavy atom. The van der Waals surface area contributed by atoms with E-state index in [2.05, 4.69) is 15.6 Å². The quantitative estimate of drug-likeness (QED) is 0.905. The second-order valence-electron chi connectivity index (χ2n) is 4.16. The minimum Gasteiger partial charge on any atom is -0.370 e. The van der Waals surface area contributed by atoms with Crippen molar-refractivity contribution < 1.29 is 9.18 Å². The van der Waals surface area contributed by atoms with E-state index >= 15 is 0 Å². The average molecular weight is 284 g/mol. The summed E-state index contributed by atoms with van der Waals surface area (Å²) in [4.78, 5) is 16.3. The van der Waals surface area contributed by atoms with Crippen molar-refractivity contribution >= 4 is 17.4 Å². The van der Waals surface area contributed by atoms with Crippen LogP contribution in [0.2, 0.25) is 0 Å². The van der Waals surface area contributed by atoms with Crippen LogP contribution in [0.3, 0.4) is 0 Å². The van der Waals surface area contributed by atoms with E-state index in [1.165, 1.54) is 18.2 Å². The third kappa shape index (κ3) is 3.15. The van der Waals surface area contributed by atoms with E-state index < -0.39 is 11.7 Å².